The molecule has 30 heavy (non-hydrogen) atoms. The van der Waals surface area contributed by atoms with Crippen molar-refractivity contribution in [2.45, 2.75) is 57.0 Å². The van der Waals surface area contributed by atoms with Crippen LogP contribution in [0.2, 0.25) is 0 Å². The molecule has 0 saturated heterocycles. The second-order valence-electron chi connectivity index (χ2n) is 7.41. The van der Waals surface area contributed by atoms with Crippen LogP contribution in [-0.2, 0) is 14.4 Å². The third-order valence-corrected chi connectivity index (χ3v) is 5.07. The molecule has 1 aromatic carbocycles. The van der Waals surface area contributed by atoms with Gasteiger partial charge in [0, 0.05) is 0 Å². The first-order valence-corrected chi connectivity index (χ1v) is 10.4. The number of rotatable bonds is 13. The summed E-state index contributed by atoms with van der Waals surface area (Å²) in [4.78, 5) is 37.1. The largest absolute Gasteiger partial charge is 0.489 e. The third-order valence-electron chi connectivity index (χ3n) is 5.07. The summed E-state index contributed by atoms with van der Waals surface area (Å²) in [7, 11) is 0. The fourth-order valence-electron chi connectivity index (χ4n) is 3.49. The van der Waals surface area contributed by atoms with Crippen molar-refractivity contribution < 1.29 is 29.3 Å². The molecule has 1 amide bonds. The molecule has 1 aliphatic rings. The number of para-hydroxylation sites is 2. The van der Waals surface area contributed by atoms with Gasteiger partial charge in [-0.05, 0) is 31.5 Å². The smallest absolute Gasteiger partial charge is 0.323 e. The Hall–Kier alpha value is -2.65. The van der Waals surface area contributed by atoms with Crippen LogP contribution in [0.25, 0.3) is 0 Å². The van der Waals surface area contributed by atoms with Gasteiger partial charge in [-0.2, -0.15) is 0 Å². The van der Waals surface area contributed by atoms with Crippen LogP contribution in [0.5, 0.6) is 5.75 Å². The SMILES string of the molecule is NCCCCCCCCC(N[C@H]1COc2ccccc2N(CC(=O)O)C1=O)C(=O)O. The molecule has 2 atom stereocenters. The fraction of sp³-hybridized carbons (Fsp3) is 0.571. The van der Waals surface area contributed by atoms with Crippen molar-refractivity contribution >= 4 is 23.5 Å². The quantitative estimate of drug-likeness (QED) is 0.352. The Balaban J connectivity index is 1.99. The molecule has 1 aromatic rings. The lowest BCUT2D eigenvalue weighted by Gasteiger charge is -2.25. The normalized spacial score (nSPS) is 17.0. The van der Waals surface area contributed by atoms with Crippen molar-refractivity contribution in [3.05, 3.63) is 24.3 Å². The highest BCUT2D eigenvalue weighted by Crippen LogP contribution is 2.31. The van der Waals surface area contributed by atoms with Crippen LogP contribution < -0.4 is 20.7 Å². The molecule has 0 aromatic heterocycles. The Bertz CT molecular complexity index is 726. The first-order chi connectivity index (χ1) is 14.4. The van der Waals surface area contributed by atoms with Crippen LogP contribution >= 0.6 is 0 Å². The number of hydrogen-bond donors (Lipinski definition) is 4. The number of amides is 1. The number of aliphatic carboxylic acids is 2. The molecular weight excluding hydrogens is 390 g/mol. The van der Waals surface area contributed by atoms with Crippen molar-refractivity contribution in [1.82, 2.24) is 5.32 Å². The van der Waals surface area contributed by atoms with E-state index in [2.05, 4.69) is 5.32 Å². The van der Waals surface area contributed by atoms with E-state index in [4.69, 9.17) is 10.5 Å². The average Bonchev–Trinajstić information content (AvgIpc) is 2.84. The van der Waals surface area contributed by atoms with E-state index in [0.29, 0.717) is 30.8 Å². The molecule has 1 unspecified atom stereocenters. The second kappa shape index (κ2) is 12.1. The topological polar surface area (TPSA) is 142 Å². The standard InChI is InChI=1S/C21H31N3O6/c22-12-8-4-2-1-3-5-9-15(21(28)29)23-16-14-30-18-11-7-6-10-17(18)24(20(16)27)13-19(25)26/h6-7,10-11,15-16,23H,1-5,8-9,12-14,22H2,(H,25,26)(H,28,29)/t15?,16-/m0/s1. The predicted molar refractivity (Wildman–Crippen MR) is 112 cm³/mol. The molecule has 166 valence electrons. The van der Waals surface area contributed by atoms with Crippen LogP contribution in [0.1, 0.15) is 44.9 Å². The highest BCUT2D eigenvalue weighted by atomic mass is 16.5. The van der Waals surface area contributed by atoms with E-state index in [1.54, 1.807) is 24.3 Å². The van der Waals surface area contributed by atoms with E-state index in [1.165, 1.54) is 0 Å². The van der Waals surface area contributed by atoms with E-state index >= 15 is 0 Å². The Labute approximate surface area is 176 Å². The van der Waals surface area contributed by atoms with Crippen LogP contribution in [0.4, 0.5) is 5.69 Å². The summed E-state index contributed by atoms with van der Waals surface area (Å²) < 4.78 is 5.68. The molecule has 1 aliphatic heterocycles. The number of nitrogens with zero attached hydrogens (tertiary/aromatic N) is 1. The van der Waals surface area contributed by atoms with Gasteiger partial charge in [-0.3, -0.25) is 24.6 Å². The number of benzene rings is 1. The summed E-state index contributed by atoms with van der Waals surface area (Å²) in [6, 6.07) is 4.80. The average molecular weight is 421 g/mol. The number of carbonyl (C=O) groups is 3. The molecule has 9 nitrogen and oxygen atoms in total. The monoisotopic (exact) mass is 421 g/mol. The number of unbranched alkanes of at least 4 members (excludes halogenated alkanes) is 5. The molecule has 0 aliphatic carbocycles. The number of nitrogens with two attached hydrogens (primary N) is 1. The molecular formula is C21H31N3O6. The number of hydrogen-bond acceptors (Lipinski definition) is 6. The van der Waals surface area contributed by atoms with Gasteiger partial charge in [0.25, 0.3) is 0 Å². The number of carboxylic acids is 2. The summed E-state index contributed by atoms with van der Waals surface area (Å²) in [5.41, 5.74) is 5.83. The van der Waals surface area contributed by atoms with Crippen LogP contribution in [0.15, 0.2) is 24.3 Å². The lowest BCUT2D eigenvalue weighted by molar-refractivity contribution is -0.141. The maximum Gasteiger partial charge on any atom is 0.323 e. The minimum Gasteiger partial charge on any atom is -0.489 e. The van der Waals surface area contributed by atoms with E-state index in [-0.39, 0.29) is 6.61 Å². The van der Waals surface area contributed by atoms with Gasteiger partial charge < -0.3 is 20.7 Å². The number of nitrogens with one attached hydrogen (secondary N) is 1. The maximum absolute atomic E-state index is 13.0. The second-order valence-corrected chi connectivity index (χ2v) is 7.41. The molecule has 2 rings (SSSR count). The van der Waals surface area contributed by atoms with E-state index in [9.17, 15) is 24.6 Å². The van der Waals surface area contributed by atoms with Crippen LogP contribution in [0.3, 0.4) is 0 Å². The zero-order valence-corrected chi connectivity index (χ0v) is 17.1. The molecule has 0 bridgehead atoms. The van der Waals surface area contributed by atoms with Gasteiger partial charge in [-0.15, -0.1) is 0 Å². The lowest BCUT2D eigenvalue weighted by Crippen LogP contribution is -2.54. The third kappa shape index (κ3) is 7.00. The van der Waals surface area contributed by atoms with Gasteiger partial charge in [0.15, 0.2) is 0 Å². The lowest BCUT2D eigenvalue weighted by atomic mass is 10.0. The van der Waals surface area contributed by atoms with Crippen molar-refractivity contribution in [3.8, 4) is 5.75 Å². The predicted octanol–water partition coefficient (Wildman–Crippen LogP) is 1.60. The van der Waals surface area contributed by atoms with Gasteiger partial charge in [0.2, 0.25) is 5.91 Å². The maximum atomic E-state index is 13.0. The van der Waals surface area contributed by atoms with Crippen LogP contribution in [-0.4, -0.2) is 59.8 Å². The molecule has 9 heteroatoms. The Morgan fingerprint density at radius 3 is 2.47 bits per heavy atom. The van der Waals surface area contributed by atoms with Crippen molar-refractivity contribution in [2.75, 3.05) is 24.6 Å². The summed E-state index contributed by atoms with van der Waals surface area (Å²) in [6.07, 6.45) is 6.15. The molecule has 0 spiro atoms. The molecule has 0 saturated carbocycles. The molecule has 5 N–H and O–H groups in total. The summed E-state index contributed by atoms with van der Waals surface area (Å²) in [6.45, 7) is 0.0814. The van der Waals surface area contributed by atoms with Gasteiger partial charge in [-0.25, -0.2) is 0 Å². The highest BCUT2D eigenvalue weighted by molar-refractivity contribution is 6.02. The summed E-state index contributed by atoms with van der Waals surface area (Å²) in [5, 5.41) is 21.7. The van der Waals surface area contributed by atoms with Gasteiger partial charge in [-0.1, -0.05) is 44.2 Å². The number of carbonyl (C=O) groups excluding carboxylic acids is 1. The van der Waals surface area contributed by atoms with E-state index in [0.717, 1.165) is 37.0 Å². The Morgan fingerprint density at radius 2 is 1.80 bits per heavy atom. The Morgan fingerprint density at radius 1 is 1.13 bits per heavy atom. The van der Waals surface area contributed by atoms with Crippen molar-refractivity contribution in [2.24, 2.45) is 5.73 Å². The number of ether oxygens (including phenoxy) is 1. The Kier molecular flexibility index (Phi) is 9.56. The summed E-state index contributed by atoms with van der Waals surface area (Å²) in [5.74, 6) is -2.34. The van der Waals surface area contributed by atoms with Crippen molar-refractivity contribution in [3.63, 3.8) is 0 Å². The number of carboxylic acid groups (broad SMARTS) is 2. The highest BCUT2D eigenvalue weighted by Gasteiger charge is 2.35. The van der Waals surface area contributed by atoms with E-state index in [1.807, 2.05) is 0 Å². The number of anilines is 1. The minimum absolute atomic E-state index is 0.0746. The zero-order valence-electron chi connectivity index (χ0n) is 17.1. The van der Waals surface area contributed by atoms with Gasteiger partial charge in [0.1, 0.15) is 31.0 Å². The van der Waals surface area contributed by atoms with Crippen molar-refractivity contribution in [1.29, 1.82) is 0 Å². The van der Waals surface area contributed by atoms with Gasteiger partial charge >= 0.3 is 11.9 Å². The fourth-order valence-corrected chi connectivity index (χ4v) is 3.49. The molecule has 1 heterocycles. The van der Waals surface area contributed by atoms with Crippen LogP contribution in [0, 0.1) is 0 Å². The first-order valence-electron chi connectivity index (χ1n) is 10.4. The zero-order chi connectivity index (χ0) is 21.9. The van der Waals surface area contributed by atoms with Gasteiger partial charge in [0.05, 0.1) is 5.69 Å². The van der Waals surface area contributed by atoms with E-state index < -0.39 is 36.5 Å². The first kappa shape index (κ1) is 23.6. The molecule has 0 radical (unpaired) electrons. The minimum atomic E-state index is -1.16. The number of fused-ring (bicyclic) bond motifs is 1. The molecule has 0 fully saturated rings. The summed E-state index contributed by atoms with van der Waals surface area (Å²) >= 11 is 0.